The normalized spacial score (nSPS) is 16.9. The number of esters is 1. The predicted molar refractivity (Wildman–Crippen MR) is 234 cm³/mol. The number of carboxylic acids is 1. The minimum absolute atomic E-state index is 0.122. The quantitative estimate of drug-likeness (QED) is 0.0403. The number of nitrogens with zero attached hydrogens (tertiary/aromatic N) is 2. The number of hydrogen-bond donors (Lipinski definition) is 6. The van der Waals surface area contributed by atoms with Crippen LogP contribution in [0.4, 0.5) is 11.4 Å². The molecular formula is C38H51N2O20S5+. The number of carbonyl (C=O) groups excluding carboxylic acids is 1. The van der Waals surface area contributed by atoms with Gasteiger partial charge < -0.3 is 19.5 Å². The Morgan fingerprint density at radius 3 is 1.82 bits per heavy atom. The lowest BCUT2D eigenvalue weighted by molar-refractivity contribution is -0.437. The molecule has 0 amide bonds. The molecule has 2 heterocycles. The maximum Gasteiger partial charge on any atom is 0.338 e. The Hall–Kier alpha value is -4.16. The third-order valence-electron chi connectivity index (χ3n) is 10.6. The van der Waals surface area contributed by atoms with Gasteiger partial charge in [-0.3, -0.25) is 22.8 Å². The second-order valence-corrected chi connectivity index (χ2v) is 24.0. The van der Waals surface area contributed by atoms with Crippen molar-refractivity contribution in [1.82, 2.24) is 0 Å². The summed E-state index contributed by atoms with van der Waals surface area (Å²) in [5.41, 5.74) is -0.834. The van der Waals surface area contributed by atoms with Gasteiger partial charge in [-0.15, -0.1) is 0 Å². The van der Waals surface area contributed by atoms with Gasteiger partial charge in [0.2, 0.25) is 5.69 Å². The lowest BCUT2D eigenvalue weighted by Crippen LogP contribution is -2.30. The molecule has 27 heteroatoms. The first-order valence-electron chi connectivity index (χ1n) is 19.6. The number of benzene rings is 2. The van der Waals surface area contributed by atoms with Crippen LogP contribution in [-0.2, 0) is 77.5 Å². The van der Waals surface area contributed by atoms with Crippen molar-refractivity contribution in [1.29, 1.82) is 0 Å². The molecule has 22 nitrogen and oxygen atoms in total. The molecule has 0 bridgehead atoms. The van der Waals surface area contributed by atoms with Gasteiger partial charge in [-0.1, -0.05) is 19.9 Å². The molecule has 0 radical (unpaired) electrons. The van der Waals surface area contributed by atoms with Crippen molar-refractivity contribution in [3.63, 3.8) is 0 Å². The van der Waals surface area contributed by atoms with E-state index in [-0.39, 0.29) is 85.6 Å². The lowest BCUT2D eigenvalue weighted by Gasteiger charge is -2.27. The Kier molecular flexibility index (Phi) is 16.4. The number of allylic oxidation sites excluding steroid dienone is 4. The van der Waals surface area contributed by atoms with Crippen molar-refractivity contribution < 1.29 is 93.6 Å². The summed E-state index contributed by atoms with van der Waals surface area (Å²) in [7, 11) is -22.5. The van der Waals surface area contributed by atoms with Crippen LogP contribution in [0.25, 0.3) is 0 Å². The molecule has 0 atom stereocenters. The van der Waals surface area contributed by atoms with Crippen LogP contribution in [0, 0.1) is 0 Å². The second kappa shape index (κ2) is 20.0. The Labute approximate surface area is 377 Å². The number of carbonyl (C=O) groups is 2. The number of fused-ring (bicyclic) bond motifs is 2. The number of hydrogen-bond acceptors (Lipinski definition) is 15. The van der Waals surface area contributed by atoms with Gasteiger partial charge in [-0.2, -0.15) is 46.7 Å². The highest BCUT2D eigenvalue weighted by Gasteiger charge is 2.48. The van der Waals surface area contributed by atoms with Crippen LogP contribution < -0.4 is 4.90 Å². The first kappa shape index (κ1) is 53.5. The third-order valence-corrected chi connectivity index (χ3v) is 14.6. The molecule has 4 rings (SSSR count). The number of carboxylic acid groups (broad SMARTS) is 1. The van der Waals surface area contributed by atoms with Crippen molar-refractivity contribution in [2.75, 3.05) is 54.2 Å². The highest BCUT2D eigenvalue weighted by molar-refractivity contribution is 7.86. The molecule has 2 aliphatic heterocycles. The van der Waals surface area contributed by atoms with Gasteiger partial charge in [0.1, 0.15) is 6.54 Å². The van der Waals surface area contributed by atoms with Gasteiger partial charge in [-0.25, -0.2) is 9.59 Å². The van der Waals surface area contributed by atoms with Crippen LogP contribution in [-0.4, -0.2) is 141 Å². The molecular weight excluding hydrogens is 965 g/mol. The fraction of sp³-hybridized carbons (Fsp3) is 0.500. The molecule has 2 aromatic carbocycles. The van der Waals surface area contributed by atoms with Gasteiger partial charge in [-0.05, 0) is 68.5 Å². The summed E-state index contributed by atoms with van der Waals surface area (Å²) >= 11 is 0. The van der Waals surface area contributed by atoms with Gasteiger partial charge in [0.25, 0.3) is 50.6 Å². The van der Waals surface area contributed by atoms with E-state index in [0.29, 0.717) is 17.0 Å². The van der Waals surface area contributed by atoms with E-state index in [1.807, 2.05) is 0 Å². The van der Waals surface area contributed by atoms with Gasteiger partial charge in [0, 0.05) is 48.5 Å². The fourth-order valence-corrected chi connectivity index (χ4v) is 10.5. The molecule has 0 spiro atoms. The topological polar surface area (TPSA) is 351 Å². The summed E-state index contributed by atoms with van der Waals surface area (Å²) in [6.07, 6.45) is 3.91. The van der Waals surface area contributed by atoms with Gasteiger partial charge in [0.15, 0.2) is 5.71 Å². The largest absolute Gasteiger partial charge is 0.478 e. The summed E-state index contributed by atoms with van der Waals surface area (Å²) < 4.78 is 177. The molecule has 0 aliphatic carbocycles. The van der Waals surface area contributed by atoms with Crippen LogP contribution >= 0.6 is 0 Å². The molecule has 0 fully saturated rings. The van der Waals surface area contributed by atoms with Crippen molar-refractivity contribution >= 4 is 79.6 Å². The first-order valence-corrected chi connectivity index (χ1v) is 27.5. The fourth-order valence-electron chi connectivity index (χ4n) is 7.95. The first-order chi connectivity index (χ1) is 29.6. The van der Waals surface area contributed by atoms with Crippen molar-refractivity contribution in [2.24, 2.45) is 0 Å². The van der Waals surface area contributed by atoms with E-state index in [2.05, 4.69) is 0 Å². The van der Waals surface area contributed by atoms with E-state index in [9.17, 15) is 70.4 Å². The van der Waals surface area contributed by atoms with Crippen LogP contribution in [0.1, 0.15) is 90.8 Å². The molecule has 2 aromatic rings. The molecule has 0 saturated carbocycles. The molecule has 0 saturated heterocycles. The highest BCUT2D eigenvalue weighted by Crippen LogP contribution is 2.51. The van der Waals surface area contributed by atoms with Gasteiger partial charge in [0.05, 0.1) is 63.2 Å². The molecule has 2 aliphatic rings. The van der Waals surface area contributed by atoms with E-state index >= 15 is 0 Å². The molecule has 65 heavy (non-hydrogen) atoms. The minimum Gasteiger partial charge on any atom is -0.478 e. The third kappa shape index (κ3) is 14.2. The number of aromatic carboxylic acids is 1. The van der Waals surface area contributed by atoms with E-state index in [1.54, 1.807) is 49.3 Å². The van der Waals surface area contributed by atoms with Crippen LogP contribution in [0.15, 0.2) is 53.1 Å². The van der Waals surface area contributed by atoms with E-state index in [1.165, 1.54) is 12.1 Å². The second-order valence-electron chi connectivity index (χ2n) is 16.3. The predicted octanol–water partition coefficient (Wildman–Crippen LogP) is 3.03. The van der Waals surface area contributed by atoms with Crippen molar-refractivity contribution in [3.8, 4) is 0 Å². The zero-order chi connectivity index (χ0) is 49.1. The zero-order valence-corrected chi connectivity index (χ0v) is 39.7. The summed E-state index contributed by atoms with van der Waals surface area (Å²) in [6, 6.07) is 4.65. The Balaban J connectivity index is 1.91. The van der Waals surface area contributed by atoms with Crippen LogP contribution in [0.5, 0.6) is 0 Å². The summed E-state index contributed by atoms with van der Waals surface area (Å²) in [5, 5.41) is 10.0. The standard InChI is InChI=1S/C38H50N2O20S5/c1-37(2)31(40(13-7-17-62(47,48)49)30-23-27(65(56,57)58)20-26(33(30)37)24-59-14-8-18-63(50,51)52)10-5-11-32-38(3,4)34-28(36(43)60-15-9-19-64(53,54)55)21-25(35(41)42)22-29(34)39(32)12-6-16-61(44,45)46/h5,10-11,20-23H,6-9,12-19,24H2,1-4H3,(H5-,41,42,44,45,46,47,48,49,50,51,52,53,54,55,56,57,58)/p+1. The Morgan fingerprint density at radius 2 is 1.26 bits per heavy atom. The molecule has 6 N–H and O–H groups in total. The smallest absolute Gasteiger partial charge is 0.338 e. The maximum absolute atomic E-state index is 13.6. The Morgan fingerprint density at radius 1 is 0.708 bits per heavy atom. The number of anilines is 1. The number of rotatable bonds is 23. The molecule has 362 valence electrons. The van der Waals surface area contributed by atoms with Crippen molar-refractivity contribution in [2.45, 2.75) is 75.7 Å². The maximum atomic E-state index is 13.6. The number of ether oxygens (including phenoxy) is 2. The van der Waals surface area contributed by atoms with Crippen LogP contribution in [0.3, 0.4) is 0 Å². The van der Waals surface area contributed by atoms with E-state index in [4.69, 9.17) is 18.6 Å². The Bertz CT molecular complexity index is 2880. The molecule has 0 aromatic heterocycles. The molecule has 0 unspecified atom stereocenters. The zero-order valence-electron chi connectivity index (χ0n) is 35.6. The van der Waals surface area contributed by atoms with E-state index in [0.717, 1.165) is 18.2 Å². The summed E-state index contributed by atoms with van der Waals surface area (Å²) in [6.45, 7) is 5.58. The highest BCUT2D eigenvalue weighted by atomic mass is 32.2. The van der Waals surface area contributed by atoms with Crippen LogP contribution in [0.2, 0.25) is 0 Å². The monoisotopic (exact) mass is 1020 g/mol. The summed E-state index contributed by atoms with van der Waals surface area (Å²) in [5.74, 6) is -5.23. The lowest BCUT2D eigenvalue weighted by atomic mass is 9.78. The average molecular weight is 1020 g/mol. The van der Waals surface area contributed by atoms with Gasteiger partial charge >= 0.3 is 11.9 Å². The minimum atomic E-state index is -4.87. The van der Waals surface area contributed by atoms with Crippen molar-refractivity contribution in [3.05, 3.63) is 76.0 Å². The van der Waals surface area contributed by atoms with E-state index < -0.39 is 108 Å². The average Bonchev–Trinajstić information content (AvgIpc) is 3.48. The summed E-state index contributed by atoms with van der Waals surface area (Å²) in [4.78, 5) is 27.0. The SMILES string of the molecule is CC1(C)C(=CC=CC2=[N+](CCCS(=O)(=O)O)c3cc(C(=O)O)cc(C(=O)OCCCS(=O)(=O)O)c3C2(C)C)N(CCCS(=O)(=O)O)c2cc(S(=O)(=O)O)cc(COCCCS(=O)(=O)O)c21.